The molecule has 3 nitrogen and oxygen atoms in total. The van der Waals surface area contributed by atoms with Gasteiger partial charge in [-0.05, 0) is 26.0 Å². The Hall–Kier alpha value is -0.960. The Morgan fingerprint density at radius 2 is 1.83 bits per heavy atom. The average Bonchev–Trinajstić information content (AvgIpc) is 2.34. The first-order valence-corrected chi connectivity index (χ1v) is 7.08. The molecule has 0 fully saturated rings. The van der Waals surface area contributed by atoms with Crippen molar-refractivity contribution in [1.29, 1.82) is 0 Å². The van der Waals surface area contributed by atoms with Crippen LogP contribution < -0.4 is 5.32 Å². The number of aryl methyl sites for hydroxylation is 1. The van der Waals surface area contributed by atoms with Gasteiger partial charge in [-0.25, -0.2) is 9.97 Å². The van der Waals surface area contributed by atoms with Crippen LogP contribution in [0.4, 0.5) is 0 Å². The lowest BCUT2D eigenvalue weighted by Crippen LogP contribution is -2.33. The van der Waals surface area contributed by atoms with E-state index in [2.05, 4.69) is 57.9 Å². The Labute approximate surface area is 111 Å². The summed E-state index contributed by atoms with van der Waals surface area (Å²) >= 11 is 0. The molecule has 2 unspecified atom stereocenters. The summed E-state index contributed by atoms with van der Waals surface area (Å²) in [5, 5.41) is 3.54. The normalized spacial score (nSPS) is 14.8. The topological polar surface area (TPSA) is 37.8 Å². The molecular weight excluding hydrogens is 222 g/mol. The van der Waals surface area contributed by atoms with Gasteiger partial charge in [-0.1, -0.05) is 34.6 Å². The molecule has 0 radical (unpaired) electrons. The fourth-order valence-electron chi connectivity index (χ4n) is 2.25. The van der Waals surface area contributed by atoms with Gasteiger partial charge in [0.15, 0.2) is 0 Å². The zero-order chi connectivity index (χ0) is 13.7. The first kappa shape index (κ1) is 15.1. The van der Waals surface area contributed by atoms with Crippen molar-refractivity contribution in [1.82, 2.24) is 15.3 Å². The van der Waals surface area contributed by atoms with Crippen molar-refractivity contribution < 1.29 is 0 Å². The van der Waals surface area contributed by atoms with E-state index >= 15 is 0 Å². The second kappa shape index (κ2) is 6.83. The lowest BCUT2D eigenvalue weighted by Gasteiger charge is -2.24. The van der Waals surface area contributed by atoms with E-state index in [0.29, 0.717) is 17.9 Å². The predicted octanol–water partition coefficient (Wildman–Crippen LogP) is 3.40. The van der Waals surface area contributed by atoms with Crippen molar-refractivity contribution in [3.05, 3.63) is 23.3 Å². The number of rotatable bonds is 6. The lowest BCUT2D eigenvalue weighted by molar-refractivity contribution is 0.440. The number of nitrogens with one attached hydrogen (secondary N) is 1. The van der Waals surface area contributed by atoms with Crippen LogP contribution in [0.5, 0.6) is 0 Å². The van der Waals surface area contributed by atoms with Gasteiger partial charge in [0.05, 0.1) is 0 Å². The quantitative estimate of drug-likeness (QED) is 0.839. The molecule has 102 valence electrons. The highest BCUT2D eigenvalue weighted by molar-refractivity contribution is 5.16. The highest BCUT2D eigenvalue weighted by atomic mass is 14.9. The summed E-state index contributed by atoms with van der Waals surface area (Å²) < 4.78 is 0. The van der Waals surface area contributed by atoms with Gasteiger partial charge in [0, 0.05) is 29.3 Å². The molecule has 0 bridgehead atoms. The summed E-state index contributed by atoms with van der Waals surface area (Å²) in [5.74, 6) is 1.77. The molecule has 1 heterocycles. The highest BCUT2D eigenvalue weighted by Gasteiger charge is 2.19. The Kier molecular flexibility index (Phi) is 5.73. The first-order valence-electron chi connectivity index (χ1n) is 7.08. The van der Waals surface area contributed by atoms with Crippen LogP contribution in [0.25, 0.3) is 0 Å². The molecule has 1 rings (SSSR count). The fourth-order valence-corrected chi connectivity index (χ4v) is 2.25. The summed E-state index contributed by atoms with van der Waals surface area (Å²) in [6.45, 7) is 14.0. The molecule has 0 amide bonds. The molecule has 2 atom stereocenters. The minimum atomic E-state index is 0.384. The molecule has 1 N–H and O–H groups in total. The number of aromatic nitrogens is 2. The zero-order valence-electron chi connectivity index (χ0n) is 12.6. The first-order chi connectivity index (χ1) is 8.49. The van der Waals surface area contributed by atoms with Crippen LogP contribution in [0, 0.1) is 6.92 Å². The molecule has 0 saturated heterocycles. The van der Waals surface area contributed by atoms with Gasteiger partial charge in [-0.2, -0.15) is 0 Å². The minimum Gasteiger partial charge on any atom is -0.314 e. The maximum Gasteiger partial charge on any atom is 0.131 e. The summed E-state index contributed by atoms with van der Waals surface area (Å²) in [5.41, 5.74) is 2.24. The van der Waals surface area contributed by atoms with Crippen LogP contribution in [0.1, 0.15) is 70.1 Å². The van der Waals surface area contributed by atoms with Crippen molar-refractivity contribution >= 4 is 0 Å². The third kappa shape index (κ3) is 3.77. The van der Waals surface area contributed by atoms with Gasteiger partial charge in [0.2, 0.25) is 0 Å². The van der Waals surface area contributed by atoms with Gasteiger partial charge >= 0.3 is 0 Å². The van der Waals surface area contributed by atoms with Crippen molar-refractivity contribution in [3.8, 4) is 0 Å². The Bertz CT molecular complexity index is 374. The van der Waals surface area contributed by atoms with Crippen LogP contribution in [0.2, 0.25) is 0 Å². The SMILES string of the molecule is CCNC(CC)C(C)c1cc(C)nc(C(C)C)n1. The minimum absolute atomic E-state index is 0.384. The Morgan fingerprint density at radius 1 is 1.17 bits per heavy atom. The van der Waals surface area contributed by atoms with Crippen LogP contribution >= 0.6 is 0 Å². The van der Waals surface area contributed by atoms with Crippen LogP contribution in [0.15, 0.2) is 6.07 Å². The van der Waals surface area contributed by atoms with Gasteiger partial charge in [-0.15, -0.1) is 0 Å². The van der Waals surface area contributed by atoms with Crippen LogP contribution in [-0.2, 0) is 0 Å². The van der Waals surface area contributed by atoms with E-state index in [0.717, 1.165) is 24.5 Å². The highest BCUT2D eigenvalue weighted by Crippen LogP contribution is 2.21. The van der Waals surface area contributed by atoms with E-state index in [1.165, 1.54) is 5.69 Å². The Balaban J connectivity index is 3.00. The van der Waals surface area contributed by atoms with Crippen molar-refractivity contribution in [2.45, 2.75) is 65.8 Å². The molecule has 0 spiro atoms. The third-order valence-corrected chi connectivity index (χ3v) is 3.38. The largest absolute Gasteiger partial charge is 0.314 e. The van der Waals surface area contributed by atoms with Crippen LogP contribution in [0.3, 0.4) is 0 Å². The monoisotopic (exact) mass is 249 g/mol. The molecule has 0 aliphatic rings. The molecule has 1 aromatic heterocycles. The standard InChI is InChI=1S/C15H27N3/c1-7-13(16-8-2)12(6)14-9-11(5)17-15(18-14)10(3)4/h9-10,12-13,16H,7-8H2,1-6H3. The summed E-state index contributed by atoms with van der Waals surface area (Å²) in [6, 6.07) is 2.61. The maximum atomic E-state index is 4.73. The molecule has 0 saturated carbocycles. The third-order valence-electron chi connectivity index (χ3n) is 3.38. The maximum absolute atomic E-state index is 4.73. The molecule has 3 heteroatoms. The number of hydrogen-bond acceptors (Lipinski definition) is 3. The van der Waals surface area contributed by atoms with Gasteiger partial charge in [0.25, 0.3) is 0 Å². The predicted molar refractivity (Wildman–Crippen MR) is 77.0 cm³/mol. The molecule has 0 aromatic carbocycles. The smallest absolute Gasteiger partial charge is 0.131 e. The van der Waals surface area contributed by atoms with Gasteiger partial charge < -0.3 is 5.32 Å². The number of hydrogen-bond donors (Lipinski definition) is 1. The van der Waals surface area contributed by atoms with E-state index in [-0.39, 0.29) is 0 Å². The van der Waals surface area contributed by atoms with E-state index in [9.17, 15) is 0 Å². The second-order valence-electron chi connectivity index (χ2n) is 5.31. The number of likely N-dealkylation sites (N-methyl/N-ethyl adjacent to an activating group) is 1. The molecule has 0 aliphatic carbocycles. The average molecular weight is 249 g/mol. The van der Waals surface area contributed by atoms with E-state index in [4.69, 9.17) is 4.98 Å². The Morgan fingerprint density at radius 3 is 2.33 bits per heavy atom. The molecule has 18 heavy (non-hydrogen) atoms. The molecule has 1 aromatic rings. The molecule has 0 aliphatic heterocycles. The van der Waals surface area contributed by atoms with E-state index in [1.54, 1.807) is 0 Å². The van der Waals surface area contributed by atoms with Gasteiger partial charge in [0.1, 0.15) is 5.82 Å². The van der Waals surface area contributed by atoms with E-state index < -0.39 is 0 Å². The zero-order valence-corrected chi connectivity index (χ0v) is 12.6. The fraction of sp³-hybridized carbons (Fsp3) is 0.733. The van der Waals surface area contributed by atoms with Crippen molar-refractivity contribution in [2.24, 2.45) is 0 Å². The van der Waals surface area contributed by atoms with E-state index in [1.807, 2.05) is 0 Å². The summed E-state index contributed by atoms with van der Waals surface area (Å²) in [4.78, 5) is 9.25. The lowest BCUT2D eigenvalue weighted by atomic mass is 9.95. The van der Waals surface area contributed by atoms with Crippen molar-refractivity contribution in [2.75, 3.05) is 6.54 Å². The molecular formula is C15H27N3. The summed E-state index contributed by atoms with van der Waals surface area (Å²) in [6.07, 6.45) is 1.12. The number of nitrogens with zero attached hydrogens (tertiary/aromatic N) is 2. The summed E-state index contributed by atoms with van der Waals surface area (Å²) in [7, 11) is 0. The van der Waals surface area contributed by atoms with Crippen LogP contribution in [-0.4, -0.2) is 22.6 Å². The second-order valence-corrected chi connectivity index (χ2v) is 5.31. The van der Waals surface area contributed by atoms with Gasteiger partial charge in [-0.3, -0.25) is 0 Å². The van der Waals surface area contributed by atoms with Crippen molar-refractivity contribution in [3.63, 3.8) is 0 Å².